The molecule has 2 fully saturated rings. The van der Waals surface area contributed by atoms with Crippen LogP contribution in [0.3, 0.4) is 0 Å². The zero-order valence-corrected chi connectivity index (χ0v) is 19.2. The number of anilines is 4. The van der Waals surface area contributed by atoms with Crippen molar-refractivity contribution in [2.75, 3.05) is 48.3 Å². The van der Waals surface area contributed by atoms with Crippen LogP contribution >= 0.6 is 0 Å². The van der Waals surface area contributed by atoms with Gasteiger partial charge in [0.05, 0.1) is 12.8 Å². The van der Waals surface area contributed by atoms with Gasteiger partial charge >= 0.3 is 6.09 Å². The minimum atomic E-state index is -0.542. The summed E-state index contributed by atoms with van der Waals surface area (Å²) in [5, 5.41) is 9.00. The van der Waals surface area contributed by atoms with Gasteiger partial charge in [-0.05, 0) is 50.5 Å². The van der Waals surface area contributed by atoms with E-state index >= 15 is 0 Å². The average Bonchev–Trinajstić information content (AvgIpc) is 3.29. The fourth-order valence-corrected chi connectivity index (χ4v) is 4.37. The third-order valence-electron chi connectivity index (χ3n) is 6.16. The number of hydrogen-bond acceptors (Lipinski definition) is 8. The van der Waals surface area contributed by atoms with Gasteiger partial charge in [-0.25, -0.2) is 14.2 Å². The maximum absolute atomic E-state index is 14.3. The Hall–Kier alpha value is -3.63. The van der Waals surface area contributed by atoms with Crippen LogP contribution in [0.1, 0.15) is 26.2 Å². The molecule has 1 aliphatic carbocycles. The van der Waals surface area contributed by atoms with E-state index in [1.54, 1.807) is 11.8 Å². The van der Waals surface area contributed by atoms with Gasteiger partial charge in [-0.2, -0.15) is 4.98 Å². The summed E-state index contributed by atoms with van der Waals surface area (Å²) < 4.78 is 19.4. The number of amides is 2. The molecule has 1 saturated carbocycles. The summed E-state index contributed by atoms with van der Waals surface area (Å²) in [4.78, 5) is 34.9. The zero-order chi connectivity index (χ0) is 23.9. The molecule has 4 rings (SSSR count). The second-order valence-corrected chi connectivity index (χ2v) is 8.31. The summed E-state index contributed by atoms with van der Waals surface area (Å²) in [5.41, 5.74) is 1.82. The quantitative estimate of drug-likeness (QED) is 0.504. The molecule has 34 heavy (non-hydrogen) atoms. The molecule has 2 heterocycles. The van der Waals surface area contributed by atoms with Gasteiger partial charge in [-0.1, -0.05) is 0 Å². The maximum atomic E-state index is 14.3. The summed E-state index contributed by atoms with van der Waals surface area (Å²) in [6.07, 6.45) is 4.17. The van der Waals surface area contributed by atoms with Crippen molar-refractivity contribution in [3.8, 4) is 0 Å². The predicted molar refractivity (Wildman–Crippen MR) is 127 cm³/mol. The second-order valence-electron chi connectivity index (χ2n) is 8.31. The number of carbonyl (C=O) groups is 2. The number of rotatable bonds is 8. The summed E-state index contributed by atoms with van der Waals surface area (Å²) >= 11 is 0. The number of nitrogens with zero attached hydrogens (tertiary/aromatic N) is 4. The van der Waals surface area contributed by atoms with Gasteiger partial charge in [0.15, 0.2) is 11.6 Å². The highest BCUT2D eigenvalue weighted by Gasteiger charge is 2.28. The third-order valence-corrected chi connectivity index (χ3v) is 6.16. The van der Waals surface area contributed by atoms with Gasteiger partial charge in [0.2, 0.25) is 12.4 Å². The van der Waals surface area contributed by atoms with E-state index in [9.17, 15) is 14.0 Å². The van der Waals surface area contributed by atoms with Crippen molar-refractivity contribution in [1.82, 2.24) is 20.2 Å². The van der Waals surface area contributed by atoms with Crippen molar-refractivity contribution in [2.45, 2.75) is 38.3 Å². The lowest BCUT2D eigenvalue weighted by Crippen LogP contribution is -2.49. The Kier molecular flexibility index (Phi) is 7.61. The van der Waals surface area contributed by atoms with E-state index in [0.29, 0.717) is 26.1 Å². The first kappa shape index (κ1) is 23.5. The number of benzene rings is 1. The number of carbonyl (C=O) groups excluding carboxylic acids is 2. The second kappa shape index (κ2) is 11.0. The molecule has 3 N–H and O–H groups in total. The monoisotopic (exact) mass is 471 g/mol. The van der Waals surface area contributed by atoms with Gasteiger partial charge in [0.1, 0.15) is 0 Å². The first-order chi connectivity index (χ1) is 16.6. The lowest BCUT2D eigenvalue weighted by atomic mass is 10.2. The SMILES string of the molecule is CCOC(=O)N1CCN(c2ccc(Nc3ncc(F)c(NC4CCCC4NC=O)n3)cc2)CC1. The Bertz CT molecular complexity index is 983. The smallest absolute Gasteiger partial charge is 0.409 e. The van der Waals surface area contributed by atoms with Crippen LogP contribution in [-0.2, 0) is 9.53 Å². The topological polar surface area (TPSA) is 112 Å². The lowest BCUT2D eigenvalue weighted by molar-refractivity contribution is -0.110. The Morgan fingerprint density at radius 3 is 2.62 bits per heavy atom. The van der Waals surface area contributed by atoms with Crippen LogP contribution in [0.4, 0.5) is 32.3 Å². The van der Waals surface area contributed by atoms with E-state index in [2.05, 4.69) is 30.8 Å². The molecule has 1 saturated heterocycles. The summed E-state index contributed by atoms with van der Waals surface area (Å²) in [5.74, 6) is -0.157. The summed E-state index contributed by atoms with van der Waals surface area (Å²) in [6.45, 7) is 4.86. The number of nitrogens with one attached hydrogen (secondary N) is 3. The maximum Gasteiger partial charge on any atom is 0.409 e. The van der Waals surface area contributed by atoms with Crippen molar-refractivity contribution >= 4 is 35.6 Å². The van der Waals surface area contributed by atoms with Gasteiger partial charge in [-0.3, -0.25) is 4.79 Å². The summed E-state index contributed by atoms with van der Waals surface area (Å²) in [7, 11) is 0. The molecule has 0 bridgehead atoms. The molecule has 0 radical (unpaired) electrons. The van der Waals surface area contributed by atoms with Crippen LogP contribution in [0.5, 0.6) is 0 Å². The number of hydrogen-bond donors (Lipinski definition) is 3. The molecule has 2 aliphatic rings. The highest BCUT2D eigenvalue weighted by molar-refractivity contribution is 5.68. The first-order valence-electron chi connectivity index (χ1n) is 11.6. The fraction of sp³-hybridized carbons (Fsp3) is 0.478. The molecular weight excluding hydrogens is 441 g/mol. The number of ether oxygens (including phenoxy) is 1. The van der Waals surface area contributed by atoms with Gasteiger partial charge in [0.25, 0.3) is 0 Å². The van der Waals surface area contributed by atoms with Gasteiger partial charge in [0, 0.05) is 49.6 Å². The van der Waals surface area contributed by atoms with Crippen molar-refractivity contribution in [3.05, 3.63) is 36.3 Å². The number of halogens is 1. The molecule has 1 aromatic heterocycles. The Balaban J connectivity index is 1.35. The Morgan fingerprint density at radius 1 is 1.18 bits per heavy atom. The lowest BCUT2D eigenvalue weighted by Gasteiger charge is -2.35. The van der Waals surface area contributed by atoms with E-state index in [-0.39, 0.29) is 29.9 Å². The minimum Gasteiger partial charge on any atom is -0.450 e. The van der Waals surface area contributed by atoms with E-state index in [4.69, 9.17) is 4.74 Å². The van der Waals surface area contributed by atoms with Gasteiger partial charge in [-0.15, -0.1) is 0 Å². The molecular formula is C23H30FN7O3. The van der Waals surface area contributed by atoms with Crippen LogP contribution in [-0.4, -0.2) is 72.2 Å². The predicted octanol–water partition coefficient (Wildman–Crippen LogP) is 2.72. The van der Waals surface area contributed by atoms with Crippen molar-refractivity contribution < 1.29 is 18.7 Å². The first-order valence-corrected chi connectivity index (χ1v) is 11.6. The molecule has 2 atom stereocenters. The van der Waals surface area contributed by atoms with Crippen LogP contribution in [0.2, 0.25) is 0 Å². The minimum absolute atomic E-state index is 0.0463. The largest absolute Gasteiger partial charge is 0.450 e. The van der Waals surface area contributed by atoms with E-state index in [1.165, 1.54) is 0 Å². The fourth-order valence-electron chi connectivity index (χ4n) is 4.37. The molecule has 1 aliphatic heterocycles. The molecule has 11 heteroatoms. The standard InChI is InChI=1S/C23H30FN7O3/c1-2-34-23(33)31-12-10-30(11-13-31)17-8-6-16(7-9-17)27-22-25-14-18(24)21(29-22)28-20-5-3-4-19(20)26-15-32/h6-9,14-15,19-20H,2-5,10-13H2,1H3,(H,26,32)(H2,25,27,28,29). The normalized spacial score (nSPS) is 20.1. The van der Waals surface area contributed by atoms with Crippen LogP contribution in [0.25, 0.3) is 0 Å². The number of piperazine rings is 1. The molecule has 2 unspecified atom stereocenters. The molecule has 10 nitrogen and oxygen atoms in total. The molecule has 2 amide bonds. The molecule has 0 spiro atoms. The van der Waals surface area contributed by atoms with Crippen molar-refractivity contribution in [3.63, 3.8) is 0 Å². The Labute approximate surface area is 197 Å². The van der Waals surface area contributed by atoms with Crippen LogP contribution in [0.15, 0.2) is 30.5 Å². The molecule has 2 aromatic rings. The number of aromatic nitrogens is 2. The van der Waals surface area contributed by atoms with Crippen LogP contribution < -0.4 is 20.9 Å². The van der Waals surface area contributed by atoms with E-state index in [1.807, 2.05) is 24.3 Å². The van der Waals surface area contributed by atoms with E-state index in [0.717, 1.165) is 49.9 Å². The zero-order valence-electron chi connectivity index (χ0n) is 19.2. The van der Waals surface area contributed by atoms with Crippen molar-refractivity contribution in [1.29, 1.82) is 0 Å². The third kappa shape index (κ3) is 5.64. The van der Waals surface area contributed by atoms with E-state index < -0.39 is 5.82 Å². The van der Waals surface area contributed by atoms with Crippen LogP contribution in [0, 0.1) is 5.82 Å². The highest BCUT2D eigenvalue weighted by atomic mass is 19.1. The Morgan fingerprint density at radius 2 is 1.91 bits per heavy atom. The van der Waals surface area contributed by atoms with Crippen molar-refractivity contribution in [2.24, 2.45) is 0 Å². The summed E-state index contributed by atoms with van der Waals surface area (Å²) in [6, 6.07) is 7.67. The average molecular weight is 472 g/mol. The molecule has 1 aromatic carbocycles. The van der Waals surface area contributed by atoms with Gasteiger partial charge < -0.3 is 30.5 Å². The highest BCUT2D eigenvalue weighted by Crippen LogP contribution is 2.25. The molecule has 182 valence electrons.